The highest BCUT2D eigenvalue weighted by Crippen LogP contribution is 2.39. The van der Waals surface area contributed by atoms with Crippen LogP contribution in [0, 0.1) is 5.92 Å². The van der Waals surface area contributed by atoms with E-state index in [-0.39, 0.29) is 36.7 Å². The molecule has 0 spiro atoms. The highest BCUT2D eigenvalue weighted by Gasteiger charge is 2.38. The molecule has 1 fully saturated rings. The molecule has 5 rings (SSSR count). The highest BCUT2D eigenvalue weighted by molar-refractivity contribution is 7.13. The van der Waals surface area contributed by atoms with Crippen LogP contribution < -0.4 is 5.32 Å². The molecule has 0 aliphatic carbocycles. The Kier molecular flexibility index (Phi) is 7.32. The van der Waals surface area contributed by atoms with Gasteiger partial charge >= 0.3 is 18.2 Å². The number of alkyl halides is 3. The van der Waals surface area contributed by atoms with E-state index in [0.717, 1.165) is 0 Å². The second-order valence-electron chi connectivity index (χ2n) is 10.6. The number of nitrogens with one attached hydrogen (secondary N) is 2. The van der Waals surface area contributed by atoms with Crippen LogP contribution in [0.3, 0.4) is 0 Å². The monoisotopic (exact) mass is 589 g/mol. The van der Waals surface area contributed by atoms with Crippen molar-refractivity contribution < 1.29 is 32.6 Å². The lowest BCUT2D eigenvalue weighted by molar-refractivity contribution is -0.143. The van der Waals surface area contributed by atoms with Gasteiger partial charge in [-0.3, -0.25) is 4.79 Å². The number of pyridine rings is 1. The first-order chi connectivity index (χ1) is 19.3. The molecule has 4 aromatic heterocycles. The third kappa shape index (κ3) is 6.24. The molecule has 15 heteroatoms. The minimum absolute atomic E-state index is 0.0505. The van der Waals surface area contributed by atoms with E-state index < -0.39 is 41.4 Å². The number of nitrogens with zero attached hydrogens (tertiary/aromatic N) is 5. The lowest BCUT2D eigenvalue weighted by Crippen LogP contribution is -2.52. The zero-order valence-corrected chi connectivity index (χ0v) is 23.0. The number of likely N-dealkylation sites (tertiary alicyclic amines) is 1. The van der Waals surface area contributed by atoms with E-state index in [1.807, 2.05) is 0 Å². The smallest absolute Gasteiger partial charge is 0.419 e. The fraction of sp³-hybridized carbons (Fsp3) is 0.385. The first-order valence-corrected chi connectivity index (χ1v) is 13.5. The van der Waals surface area contributed by atoms with Crippen molar-refractivity contribution in [3.05, 3.63) is 41.7 Å². The molecule has 5 heterocycles. The van der Waals surface area contributed by atoms with E-state index in [1.165, 1.54) is 22.4 Å². The van der Waals surface area contributed by atoms with Crippen LogP contribution in [-0.2, 0) is 15.7 Å². The molecule has 1 aliphatic heterocycles. The fourth-order valence-corrected chi connectivity index (χ4v) is 5.18. The number of rotatable bonds is 5. The Balaban J connectivity index is 1.47. The lowest BCUT2D eigenvalue weighted by Gasteiger charge is -2.37. The molecule has 0 unspecified atom stereocenters. The van der Waals surface area contributed by atoms with Gasteiger partial charge in [-0.15, -0.1) is 11.3 Å². The Morgan fingerprint density at radius 1 is 1.17 bits per heavy atom. The number of ether oxygens (including phenoxy) is 1. The minimum Gasteiger partial charge on any atom is -0.481 e. The van der Waals surface area contributed by atoms with Crippen LogP contribution in [0.2, 0.25) is 0 Å². The maximum absolute atomic E-state index is 14.0. The molecule has 1 saturated heterocycles. The first-order valence-electron chi connectivity index (χ1n) is 12.6. The van der Waals surface area contributed by atoms with Gasteiger partial charge in [-0.25, -0.2) is 24.7 Å². The summed E-state index contributed by atoms with van der Waals surface area (Å²) in [6.07, 6.45) is -1.62. The van der Waals surface area contributed by atoms with Crippen LogP contribution >= 0.6 is 11.3 Å². The van der Waals surface area contributed by atoms with Gasteiger partial charge in [0.15, 0.2) is 0 Å². The van der Waals surface area contributed by atoms with Crippen LogP contribution in [0.5, 0.6) is 0 Å². The molecule has 41 heavy (non-hydrogen) atoms. The number of halogens is 3. The van der Waals surface area contributed by atoms with Crippen molar-refractivity contribution >= 4 is 40.4 Å². The summed E-state index contributed by atoms with van der Waals surface area (Å²) >= 11 is 1.38. The number of fused-ring (bicyclic) bond motifs is 1. The van der Waals surface area contributed by atoms with Crippen molar-refractivity contribution in [2.24, 2.45) is 5.92 Å². The molecule has 4 aromatic rings. The molecule has 2 atom stereocenters. The maximum Gasteiger partial charge on any atom is 0.419 e. The largest absolute Gasteiger partial charge is 0.481 e. The van der Waals surface area contributed by atoms with E-state index >= 15 is 0 Å². The topological polar surface area (TPSA) is 146 Å². The summed E-state index contributed by atoms with van der Waals surface area (Å²) in [5, 5.41) is 15.5. The average Bonchev–Trinajstić information content (AvgIpc) is 3.57. The zero-order chi connectivity index (χ0) is 29.5. The number of hydrogen-bond acceptors (Lipinski definition) is 9. The molecule has 11 nitrogen and oxygen atoms in total. The second-order valence-corrected chi connectivity index (χ2v) is 11.5. The number of carboxylic acid groups (broad SMARTS) is 1. The number of anilines is 1. The summed E-state index contributed by atoms with van der Waals surface area (Å²) in [5.74, 6) is -2.17. The average molecular weight is 590 g/mol. The van der Waals surface area contributed by atoms with Gasteiger partial charge < -0.3 is 25.0 Å². The number of carboxylic acids is 1. The molecule has 1 amide bonds. The number of hydrogen-bond donors (Lipinski definition) is 3. The van der Waals surface area contributed by atoms with E-state index in [9.17, 15) is 27.9 Å². The number of aliphatic carboxylic acids is 1. The Morgan fingerprint density at radius 2 is 1.95 bits per heavy atom. The quantitative estimate of drug-likeness (QED) is 0.283. The van der Waals surface area contributed by atoms with Crippen molar-refractivity contribution in [3.63, 3.8) is 0 Å². The molecule has 0 saturated carbocycles. The van der Waals surface area contributed by atoms with Crippen molar-refractivity contribution in [1.82, 2.24) is 29.8 Å². The third-order valence-electron chi connectivity index (χ3n) is 6.32. The molecule has 216 valence electrons. The molecule has 3 N–H and O–H groups in total. The summed E-state index contributed by atoms with van der Waals surface area (Å²) in [6.45, 7) is 5.06. The van der Waals surface area contributed by atoms with Gasteiger partial charge in [0, 0.05) is 54.1 Å². The molecular formula is C26H26F3N7O4S. The van der Waals surface area contributed by atoms with Gasteiger partial charge in [0.25, 0.3) is 0 Å². The summed E-state index contributed by atoms with van der Waals surface area (Å²) in [7, 11) is 0. The second kappa shape index (κ2) is 10.6. The molecule has 1 aliphatic rings. The van der Waals surface area contributed by atoms with Crippen molar-refractivity contribution in [2.75, 3.05) is 18.4 Å². The van der Waals surface area contributed by atoms with Crippen molar-refractivity contribution in [3.8, 4) is 22.0 Å². The summed E-state index contributed by atoms with van der Waals surface area (Å²) in [5.41, 5.74) is -1.12. The third-order valence-corrected chi connectivity index (χ3v) is 7.12. The summed E-state index contributed by atoms with van der Waals surface area (Å²) in [6, 6.07) is 2.66. The summed E-state index contributed by atoms with van der Waals surface area (Å²) < 4.78 is 47.5. The number of thiazole rings is 1. The predicted molar refractivity (Wildman–Crippen MR) is 144 cm³/mol. The lowest BCUT2D eigenvalue weighted by atomic mass is 9.94. The van der Waals surface area contributed by atoms with Crippen LogP contribution in [0.15, 0.2) is 36.1 Å². The predicted octanol–water partition coefficient (Wildman–Crippen LogP) is 5.28. The van der Waals surface area contributed by atoms with Gasteiger partial charge in [0.2, 0.25) is 5.95 Å². The van der Waals surface area contributed by atoms with Crippen molar-refractivity contribution in [2.45, 2.75) is 45.0 Å². The fourth-order valence-electron chi connectivity index (χ4n) is 4.57. The van der Waals surface area contributed by atoms with Gasteiger partial charge in [0.1, 0.15) is 27.5 Å². The first kappa shape index (κ1) is 28.3. The molecule has 0 aromatic carbocycles. The molecule has 0 bridgehead atoms. The Labute approximate surface area is 235 Å². The van der Waals surface area contributed by atoms with Gasteiger partial charge in [-0.2, -0.15) is 13.2 Å². The number of aromatic amines is 1. The van der Waals surface area contributed by atoms with Gasteiger partial charge in [-0.05, 0) is 39.3 Å². The maximum atomic E-state index is 14.0. The SMILES string of the molecule is CC(C)(C)OC(=O)N1C[C@@H](Nc2ncc(C(F)(F)F)c(-c3c[nH]c4nc(-c5nccs5)ccc34)n2)C[C@@H](C(=O)O)C1. The van der Waals surface area contributed by atoms with Crippen molar-refractivity contribution in [1.29, 1.82) is 0 Å². The summed E-state index contributed by atoms with van der Waals surface area (Å²) in [4.78, 5) is 45.5. The Morgan fingerprint density at radius 3 is 2.61 bits per heavy atom. The number of H-pyrrole nitrogens is 1. The number of carbonyl (C=O) groups excluding carboxylic acids is 1. The number of amides is 1. The normalized spacial score (nSPS) is 18.0. The number of carbonyl (C=O) groups is 2. The number of piperidine rings is 1. The van der Waals surface area contributed by atoms with E-state index in [2.05, 4.69) is 30.2 Å². The van der Waals surface area contributed by atoms with Crippen LogP contribution in [0.25, 0.3) is 33.0 Å². The highest BCUT2D eigenvalue weighted by atomic mass is 32.1. The zero-order valence-electron chi connectivity index (χ0n) is 22.2. The molecule has 0 radical (unpaired) electrons. The standard InChI is InChI=1S/C26H26F3N7O4S/c1-25(2,3)40-24(39)36-11-13(22(37)38)8-14(12-36)33-23-32-10-17(26(27,28)29)19(35-23)16-9-31-20-15(16)4-5-18(34-20)21-30-6-7-41-21/h4-7,9-10,13-14H,8,11-12H2,1-3H3,(H,31,34)(H,37,38)(H,32,33,35)/t13-,14+/m1/s1. The van der Waals surface area contributed by atoms with Gasteiger partial charge in [-0.1, -0.05) is 0 Å². The van der Waals surface area contributed by atoms with Gasteiger partial charge in [0.05, 0.1) is 11.6 Å². The van der Waals surface area contributed by atoms with E-state index in [0.29, 0.717) is 27.9 Å². The van der Waals surface area contributed by atoms with E-state index in [4.69, 9.17) is 4.74 Å². The Hall–Kier alpha value is -4.27. The Bertz CT molecular complexity index is 1580. The van der Waals surface area contributed by atoms with Crippen LogP contribution in [0.1, 0.15) is 32.8 Å². The minimum atomic E-state index is -4.75. The molecular weight excluding hydrogens is 563 g/mol. The van der Waals surface area contributed by atoms with E-state index in [1.54, 1.807) is 44.5 Å². The van der Waals surface area contributed by atoms with Crippen LogP contribution in [-0.4, -0.2) is 71.7 Å². The number of aromatic nitrogens is 5. The van der Waals surface area contributed by atoms with Crippen LogP contribution in [0.4, 0.5) is 23.9 Å².